The van der Waals surface area contributed by atoms with Gasteiger partial charge in [-0.2, -0.15) is 0 Å². The molecular formula is C13H20FNO. The van der Waals surface area contributed by atoms with Gasteiger partial charge in [-0.15, -0.1) is 0 Å². The predicted octanol–water partition coefficient (Wildman–Crippen LogP) is 3.23. The van der Waals surface area contributed by atoms with Crippen LogP contribution in [0.25, 0.3) is 0 Å². The summed E-state index contributed by atoms with van der Waals surface area (Å²) in [5, 5.41) is 0. The summed E-state index contributed by atoms with van der Waals surface area (Å²) in [5.74, 6) is -0.313. The second-order valence-corrected chi connectivity index (χ2v) is 3.38. The number of hydrogen-bond donors (Lipinski definition) is 0. The van der Waals surface area contributed by atoms with Crippen molar-refractivity contribution in [3.8, 4) is 0 Å². The molecule has 0 saturated heterocycles. The highest BCUT2D eigenvalue weighted by Crippen LogP contribution is 2.24. The van der Waals surface area contributed by atoms with Crippen LogP contribution in [0.4, 0.5) is 4.39 Å². The molecule has 0 unspecified atom stereocenters. The highest BCUT2D eigenvalue weighted by molar-refractivity contribution is 5.75. The zero-order valence-electron chi connectivity index (χ0n) is 10.5. The van der Waals surface area contributed by atoms with Gasteiger partial charge in [0.05, 0.1) is 0 Å². The summed E-state index contributed by atoms with van der Waals surface area (Å²) in [6.07, 6.45) is 2.73. The molecule has 0 spiro atoms. The standard InChI is InChI=1S/C11H14FNO.C2H6/c1-4-5-11(12)10-7-13(9(3)14)6-8(10)2;1-2/h4-5H,1,6-7H2,2-3H3;1-2H3/b11-5+;. The van der Waals surface area contributed by atoms with E-state index in [1.807, 2.05) is 20.8 Å². The van der Waals surface area contributed by atoms with Crippen LogP contribution >= 0.6 is 0 Å². The smallest absolute Gasteiger partial charge is 0.220 e. The van der Waals surface area contributed by atoms with Crippen LogP contribution in [0.5, 0.6) is 0 Å². The first-order valence-electron chi connectivity index (χ1n) is 5.49. The zero-order chi connectivity index (χ0) is 12.7. The third kappa shape index (κ3) is 3.65. The minimum atomic E-state index is -0.291. The summed E-state index contributed by atoms with van der Waals surface area (Å²) in [7, 11) is 0. The van der Waals surface area contributed by atoms with Gasteiger partial charge < -0.3 is 4.90 Å². The maximum absolute atomic E-state index is 13.4. The molecule has 0 saturated carbocycles. The molecule has 2 nitrogen and oxygen atoms in total. The Balaban J connectivity index is 0.00000106. The lowest BCUT2D eigenvalue weighted by atomic mass is 10.1. The fraction of sp³-hybridized carbons (Fsp3) is 0.462. The Kier molecular flexibility index (Phi) is 6.38. The van der Waals surface area contributed by atoms with Crippen LogP contribution in [0, 0.1) is 0 Å². The highest BCUT2D eigenvalue weighted by atomic mass is 19.1. The van der Waals surface area contributed by atoms with Crippen molar-refractivity contribution in [2.75, 3.05) is 13.1 Å². The van der Waals surface area contributed by atoms with E-state index in [2.05, 4.69) is 6.58 Å². The average molecular weight is 225 g/mol. The predicted molar refractivity (Wildman–Crippen MR) is 65.7 cm³/mol. The molecule has 3 heteroatoms. The summed E-state index contributed by atoms with van der Waals surface area (Å²) in [6, 6.07) is 0. The van der Waals surface area contributed by atoms with Crippen molar-refractivity contribution in [3.63, 3.8) is 0 Å². The van der Waals surface area contributed by atoms with E-state index < -0.39 is 0 Å². The molecule has 0 N–H and O–H groups in total. The number of carbonyl (C=O) groups is 1. The van der Waals surface area contributed by atoms with E-state index in [-0.39, 0.29) is 11.7 Å². The quantitative estimate of drug-likeness (QED) is 0.661. The topological polar surface area (TPSA) is 20.3 Å². The Morgan fingerprint density at radius 1 is 1.44 bits per heavy atom. The van der Waals surface area contributed by atoms with Crippen LogP contribution in [0.15, 0.2) is 35.7 Å². The second kappa shape index (κ2) is 6.99. The maximum atomic E-state index is 13.4. The molecule has 1 rings (SSSR count). The molecule has 0 fully saturated rings. The number of amides is 1. The van der Waals surface area contributed by atoms with Crippen LogP contribution in [0.2, 0.25) is 0 Å². The summed E-state index contributed by atoms with van der Waals surface area (Å²) in [5.41, 5.74) is 1.52. The fourth-order valence-corrected chi connectivity index (χ4v) is 1.47. The molecular weight excluding hydrogens is 205 g/mol. The van der Waals surface area contributed by atoms with Crippen molar-refractivity contribution in [3.05, 3.63) is 35.7 Å². The Bertz CT molecular complexity index is 329. The summed E-state index contributed by atoms with van der Waals surface area (Å²) in [4.78, 5) is 12.7. The van der Waals surface area contributed by atoms with Gasteiger partial charge in [0.1, 0.15) is 5.83 Å². The number of carbonyl (C=O) groups excluding carboxylic acids is 1. The summed E-state index contributed by atoms with van der Waals surface area (Å²) < 4.78 is 13.4. The van der Waals surface area contributed by atoms with Gasteiger partial charge in [-0.1, -0.05) is 26.5 Å². The van der Waals surface area contributed by atoms with Gasteiger partial charge in [0.15, 0.2) is 0 Å². The van der Waals surface area contributed by atoms with Gasteiger partial charge in [-0.25, -0.2) is 4.39 Å². The molecule has 1 aliphatic rings. The van der Waals surface area contributed by atoms with E-state index in [1.54, 1.807) is 4.90 Å². The molecule has 0 radical (unpaired) electrons. The lowest BCUT2D eigenvalue weighted by molar-refractivity contribution is -0.127. The van der Waals surface area contributed by atoms with Crippen LogP contribution < -0.4 is 0 Å². The van der Waals surface area contributed by atoms with Crippen LogP contribution in [-0.4, -0.2) is 23.9 Å². The van der Waals surface area contributed by atoms with Crippen LogP contribution in [-0.2, 0) is 4.79 Å². The van der Waals surface area contributed by atoms with Gasteiger partial charge in [0.25, 0.3) is 0 Å². The molecule has 0 aliphatic carbocycles. The van der Waals surface area contributed by atoms with Gasteiger partial charge >= 0.3 is 0 Å². The second-order valence-electron chi connectivity index (χ2n) is 3.38. The largest absolute Gasteiger partial charge is 0.334 e. The van der Waals surface area contributed by atoms with Gasteiger partial charge in [0, 0.05) is 25.6 Å². The van der Waals surface area contributed by atoms with E-state index in [4.69, 9.17) is 0 Å². The lowest BCUT2D eigenvalue weighted by Crippen LogP contribution is -2.26. The van der Waals surface area contributed by atoms with Gasteiger partial charge in [-0.3, -0.25) is 4.79 Å². The molecule has 0 aromatic heterocycles. The Morgan fingerprint density at radius 2 is 2.00 bits per heavy atom. The van der Waals surface area contributed by atoms with Crippen molar-refractivity contribution >= 4 is 5.91 Å². The minimum Gasteiger partial charge on any atom is -0.334 e. The maximum Gasteiger partial charge on any atom is 0.220 e. The monoisotopic (exact) mass is 225 g/mol. The first kappa shape index (κ1) is 14.6. The number of halogens is 1. The van der Waals surface area contributed by atoms with E-state index in [1.165, 1.54) is 19.1 Å². The van der Waals surface area contributed by atoms with E-state index in [0.717, 1.165) is 5.57 Å². The van der Waals surface area contributed by atoms with E-state index in [0.29, 0.717) is 18.7 Å². The van der Waals surface area contributed by atoms with Crippen molar-refractivity contribution < 1.29 is 9.18 Å². The van der Waals surface area contributed by atoms with Gasteiger partial charge in [0.2, 0.25) is 5.91 Å². The highest BCUT2D eigenvalue weighted by Gasteiger charge is 2.23. The molecule has 1 aliphatic heterocycles. The third-order valence-electron chi connectivity index (χ3n) is 2.29. The molecule has 0 aromatic carbocycles. The molecule has 0 bridgehead atoms. The number of hydrogen-bond acceptors (Lipinski definition) is 1. The number of rotatable bonds is 2. The third-order valence-corrected chi connectivity index (χ3v) is 2.29. The minimum absolute atomic E-state index is 0.0225. The van der Waals surface area contributed by atoms with Crippen molar-refractivity contribution in [1.29, 1.82) is 0 Å². The van der Waals surface area contributed by atoms with Crippen molar-refractivity contribution in [2.45, 2.75) is 27.7 Å². The normalized spacial score (nSPS) is 15.8. The molecule has 16 heavy (non-hydrogen) atoms. The van der Waals surface area contributed by atoms with Crippen molar-refractivity contribution in [1.82, 2.24) is 4.90 Å². The SMILES string of the molecule is C=C/C=C(/F)C1=C(C)CN(C(C)=O)C1.CC. The Hall–Kier alpha value is -1.38. The molecule has 0 atom stereocenters. The van der Waals surface area contributed by atoms with E-state index in [9.17, 15) is 9.18 Å². The van der Waals surface area contributed by atoms with Gasteiger partial charge in [-0.05, 0) is 18.6 Å². The molecule has 0 aromatic rings. The Labute approximate surface area is 97.1 Å². The fourth-order valence-electron chi connectivity index (χ4n) is 1.47. The summed E-state index contributed by atoms with van der Waals surface area (Å²) in [6.45, 7) is 11.7. The zero-order valence-corrected chi connectivity index (χ0v) is 10.5. The lowest BCUT2D eigenvalue weighted by Gasteiger charge is -2.12. The van der Waals surface area contributed by atoms with Crippen LogP contribution in [0.3, 0.4) is 0 Å². The van der Waals surface area contributed by atoms with E-state index >= 15 is 0 Å². The summed E-state index contributed by atoms with van der Waals surface area (Å²) >= 11 is 0. The number of allylic oxidation sites excluding steroid dienone is 2. The molecule has 1 heterocycles. The van der Waals surface area contributed by atoms with Crippen molar-refractivity contribution in [2.24, 2.45) is 0 Å². The Morgan fingerprint density at radius 3 is 2.38 bits per heavy atom. The first-order chi connectivity index (χ1) is 7.56. The number of nitrogens with zero attached hydrogens (tertiary/aromatic N) is 1. The molecule has 1 amide bonds. The molecule has 90 valence electrons. The first-order valence-corrected chi connectivity index (χ1v) is 5.49. The average Bonchev–Trinajstić information content (AvgIpc) is 2.64. The van der Waals surface area contributed by atoms with Crippen LogP contribution in [0.1, 0.15) is 27.7 Å².